The van der Waals surface area contributed by atoms with Crippen LogP contribution in [0.1, 0.15) is 40.7 Å². The fourth-order valence-electron chi connectivity index (χ4n) is 6.74. The van der Waals surface area contributed by atoms with Crippen LogP contribution < -0.4 is 5.73 Å². The summed E-state index contributed by atoms with van der Waals surface area (Å²) in [6, 6.07) is 5.82. The topological polar surface area (TPSA) is 182 Å². The number of primary amides is 1. The Morgan fingerprint density at radius 2 is 1.64 bits per heavy atom. The van der Waals surface area contributed by atoms with Gasteiger partial charge in [0, 0.05) is 17.1 Å². The summed E-state index contributed by atoms with van der Waals surface area (Å²) in [7, 11) is 2.84. The van der Waals surface area contributed by atoms with Gasteiger partial charge >= 0.3 is 6.18 Å². The van der Waals surface area contributed by atoms with E-state index in [2.05, 4.69) is 0 Å². The van der Waals surface area contributed by atoms with Crippen molar-refractivity contribution in [3.63, 3.8) is 0 Å². The standard InChI is InChI=1S/C31H29F3N2O8/c1-12-16-11-8-14(7-4-13-5-9-15(10-6-13)31(32,33)34)23(37)18(16)24(38)19-17(12)25(39)21-22(36(2)3)26(40)20(29(35)43)28(42)30(21,44)27(19)41/h4-12,17,21-22,25,37-39,42,44H,1-3H3,(H2,35,43)/b7-4+/t12-,17+,21+,22-,25-,30-/m1/s1. The summed E-state index contributed by atoms with van der Waals surface area (Å²) < 4.78 is 38.7. The molecule has 2 aromatic rings. The molecule has 10 nitrogen and oxygen atoms in total. The summed E-state index contributed by atoms with van der Waals surface area (Å²) in [5, 5.41) is 57.0. The number of hydrogen-bond acceptors (Lipinski definition) is 9. The van der Waals surface area contributed by atoms with Gasteiger partial charge in [0.25, 0.3) is 5.91 Å². The van der Waals surface area contributed by atoms with Gasteiger partial charge in [0.05, 0.1) is 29.2 Å². The first-order valence-electron chi connectivity index (χ1n) is 13.5. The van der Waals surface area contributed by atoms with Crippen LogP contribution in [0.4, 0.5) is 13.2 Å². The maximum Gasteiger partial charge on any atom is 0.416 e. The van der Waals surface area contributed by atoms with Gasteiger partial charge in [0.2, 0.25) is 5.78 Å². The number of aliphatic hydroxyl groups is 4. The molecule has 0 bridgehead atoms. The Hall–Kier alpha value is -4.46. The van der Waals surface area contributed by atoms with E-state index in [0.717, 1.165) is 12.1 Å². The van der Waals surface area contributed by atoms with Gasteiger partial charge < -0.3 is 31.3 Å². The Labute approximate surface area is 248 Å². The zero-order valence-corrected chi connectivity index (χ0v) is 23.6. The summed E-state index contributed by atoms with van der Waals surface area (Å²) >= 11 is 0. The predicted molar refractivity (Wildman–Crippen MR) is 151 cm³/mol. The number of carbonyl (C=O) groups is 3. The number of ketones is 2. The number of phenols is 1. The minimum Gasteiger partial charge on any atom is -0.508 e. The molecule has 232 valence electrons. The summed E-state index contributed by atoms with van der Waals surface area (Å²) in [4.78, 5) is 40.7. The molecule has 1 fully saturated rings. The van der Waals surface area contributed by atoms with E-state index >= 15 is 0 Å². The van der Waals surface area contributed by atoms with Crippen molar-refractivity contribution in [2.75, 3.05) is 14.1 Å². The van der Waals surface area contributed by atoms with Crippen molar-refractivity contribution in [2.24, 2.45) is 17.6 Å². The van der Waals surface area contributed by atoms with Crippen molar-refractivity contribution < 1.29 is 53.1 Å². The molecule has 1 amide bonds. The molecule has 0 unspecified atom stereocenters. The molecule has 2 aromatic carbocycles. The average molecular weight is 615 g/mol. The molecule has 0 spiro atoms. The summed E-state index contributed by atoms with van der Waals surface area (Å²) in [5.41, 5.74) is 0.530. The number of amides is 1. The van der Waals surface area contributed by atoms with Crippen molar-refractivity contribution >= 4 is 35.4 Å². The van der Waals surface area contributed by atoms with Crippen molar-refractivity contribution in [1.29, 1.82) is 0 Å². The quantitative estimate of drug-likeness (QED) is 0.223. The Balaban J connectivity index is 1.64. The molecule has 5 rings (SSSR count). The number of halogens is 3. The summed E-state index contributed by atoms with van der Waals surface area (Å²) in [6.07, 6.45) is -3.41. The lowest BCUT2D eigenvalue weighted by Gasteiger charge is -2.53. The number of phenolic OH excluding ortho intramolecular Hbond substituents is 1. The second kappa shape index (κ2) is 10.3. The molecule has 0 heterocycles. The van der Waals surface area contributed by atoms with Crippen LogP contribution in [-0.4, -0.2) is 79.7 Å². The van der Waals surface area contributed by atoms with Crippen molar-refractivity contribution in [2.45, 2.75) is 36.8 Å². The lowest BCUT2D eigenvalue weighted by Crippen LogP contribution is -2.70. The van der Waals surface area contributed by atoms with Crippen LogP contribution in [0.2, 0.25) is 0 Å². The second-order valence-electron chi connectivity index (χ2n) is 11.5. The molecule has 7 N–H and O–H groups in total. The third-order valence-corrected chi connectivity index (χ3v) is 8.85. The number of carbonyl (C=O) groups excluding carboxylic acids is 3. The van der Waals surface area contributed by atoms with Crippen LogP contribution in [0.15, 0.2) is 53.3 Å². The van der Waals surface area contributed by atoms with Crippen LogP contribution in [0.25, 0.3) is 17.9 Å². The number of rotatable bonds is 4. The second-order valence-corrected chi connectivity index (χ2v) is 11.5. The highest BCUT2D eigenvalue weighted by atomic mass is 19.4. The number of nitrogens with zero attached hydrogens (tertiary/aromatic N) is 1. The van der Waals surface area contributed by atoms with Gasteiger partial charge in [-0.25, -0.2) is 0 Å². The number of nitrogens with two attached hydrogens (primary N) is 1. The SMILES string of the molecule is C[C@@H]1c2ccc(/C=C/c3ccc(C(F)(F)F)cc3)c(O)c2C(O)=C2C(=O)[C@@]3(O)C(O)=C(C(N)=O)C(=O)[C@H](N(C)C)[C@H]3[C@H](O)[C@H]21. The van der Waals surface area contributed by atoms with Crippen LogP contribution in [0.5, 0.6) is 5.75 Å². The smallest absolute Gasteiger partial charge is 0.416 e. The summed E-state index contributed by atoms with van der Waals surface area (Å²) in [5.74, 6) is -9.96. The Bertz CT molecular complexity index is 1690. The van der Waals surface area contributed by atoms with E-state index in [0.29, 0.717) is 11.1 Å². The Morgan fingerprint density at radius 1 is 1.02 bits per heavy atom. The molecule has 44 heavy (non-hydrogen) atoms. The zero-order chi connectivity index (χ0) is 32.6. The number of alkyl halides is 3. The van der Waals surface area contributed by atoms with E-state index in [-0.39, 0.29) is 11.1 Å². The van der Waals surface area contributed by atoms with Crippen LogP contribution in [-0.2, 0) is 20.6 Å². The molecule has 0 aromatic heterocycles. The van der Waals surface area contributed by atoms with Crippen LogP contribution >= 0.6 is 0 Å². The van der Waals surface area contributed by atoms with Crippen molar-refractivity contribution in [3.05, 3.63) is 81.1 Å². The van der Waals surface area contributed by atoms with E-state index < -0.39 is 93.1 Å². The molecule has 1 saturated carbocycles. The molecule has 13 heteroatoms. The zero-order valence-electron chi connectivity index (χ0n) is 23.6. The number of benzene rings is 2. The largest absolute Gasteiger partial charge is 0.508 e. The third kappa shape index (κ3) is 4.33. The van der Waals surface area contributed by atoms with Crippen LogP contribution in [0.3, 0.4) is 0 Å². The van der Waals surface area contributed by atoms with Gasteiger partial charge in [-0.1, -0.05) is 43.3 Å². The number of aromatic hydroxyl groups is 1. The van der Waals surface area contributed by atoms with E-state index in [1.54, 1.807) is 6.92 Å². The molecule has 0 saturated heterocycles. The Morgan fingerprint density at radius 3 is 2.18 bits per heavy atom. The maximum absolute atomic E-state index is 14.1. The number of fused-ring (bicyclic) bond motifs is 3. The highest BCUT2D eigenvalue weighted by Crippen LogP contribution is 2.56. The lowest BCUT2D eigenvalue weighted by atomic mass is 9.54. The van der Waals surface area contributed by atoms with E-state index in [4.69, 9.17) is 5.73 Å². The van der Waals surface area contributed by atoms with Gasteiger partial charge in [-0.2, -0.15) is 13.2 Å². The predicted octanol–water partition coefficient (Wildman–Crippen LogP) is 2.69. The van der Waals surface area contributed by atoms with Crippen LogP contribution in [0, 0.1) is 11.8 Å². The number of aliphatic hydroxyl groups excluding tert-OH is 3. The van der Waals surface area contributed by atoms with E-state index in [1.807, 2.05) is 0 Å². The molecular formula is C31H29F3N2O8. The third-order valence-electron chi connectivity index (χ3n) is 8.85. The highest BCUT2D eigenvalue weighted by Gasteiger charge is 2.68. The minimum atomic E-state index is -4.51. The van der Waals surface area contributed by atoms with Gasteiger partial charge in [-0.15, -0.1) is 0 Å². The fourth-order valence-corrected chi connectivity index (χ4v) is 6.74. The lowest BCUT2D eigenvalue weighted by molar-refractivity contribution is -0.169. The fraction of sp³-hybridized carbons (Fsp3) is 0.323. The number of Topliss-reactive ketones (excluding diaryl/α,β-unsaturated/α-hetero) is 2. The monoisotopic (exact) mass is 614 g/mol. The van der Waals surface area contributed by atoms with Gasteiger partial charge in [-0.3, -0.25) is 19.3 Å². The Kier molecular flexibility index (Phi) is 7.27. The molecule has 3 aliphatic rings. The molecule has 3 aliphatic carbocycles. The first-order valence-corrected chi connectivity index (χ1v) is 13.5. The first-order chi connectivity index (χ1) is 20.4. The highest BCUT2D eigenvalue weighted by molar-refractivity contribution is 6.24. The van der Waals surface area contributed by atoms with Gasteiger partial charge in [0.15, 0.2) is 11.4 Å². The summed E-state index contributed by atoms with van der Waals surface area (Å²) in [6.45, 7) is 1.60. The molecule has 0 radical (unpaired) electrons. The normalized spacial score (nSPS) is 28.8. The molecule has 0 aliphatic heterocycles. The van der Waals surface area contributed by atoms with E-state index in [9.17, 15) is 53.1 Å². The van der Waals surface area contributed by atoms with Crippen molar-refractivity contribution in [1.82, 2.24) is 4.90 Å². The minimum absolute atomic E-state index is 0.122. The van der Waals surface area contributed by atoms with Gasteiger partial charge in [0.1, 0.15) is 22.8 Å². The average Bonchev–Trinajstić information content (AvgIpc) is 2.93. The number of hydrogen-bond donors (Lipinski definition) is 6. The molecular weight excluding hydrogens is 585 g/mol. The van der Waals surface area contributed by atoms with E-state index in [1.165, 1.54) is 55.4 Å². The first kappa shape index (κ1) is 31.0. The number of likely N-dealkylation sites (N-methyl/N-ethyl adjacent to an activating group) is 1. The van der Waals surface area contributed by atoms with Crippen molar-refractivity contribution in [3.8, 4) is 5.75 Å². The molecule has 6 atom stereocenters. The maximum atomic E-state index is 14.1. The van der Waals surface area contributed by atoms with Gasteiger partial charge in [-0.05, 0) is 43.3 Å².